The van der Waals surface area contributed by atoms with Gasteiger partial charge in [0.1, 0.15) is 0 Å². The Morgan fingerprint density at radius 1 is 1.25 bits per heavy atom. The van der Waals surface area contributed by atoms with Crippen LogP contribution in [-0.2, 0) is 16.2 Å². The van der Waals surface area contributed by atoms with Crippen molar-refractivity contribution in [2.45, 2.75) is 31.0 Å². The van der Waals surface area contributed by atoms with Crippen LogP contribution in [0.15, 0.2) is 29.2 Å². The minimum atomic E-state index is -4.73. The van der Waals surface area contributed by atoms with Crippen LogP contribution in [0.5, 0.6) is 0 Å². The Balaban J connectivity index is 3.42. The van der Waals surface area contributed by atoms with Gasteiger partial charge in [0.25, 0.3) is 0 Å². The maximum Gasteiger partial charge on any atom is 0.417 e. The molecule has 3 nitrogen and oxygen atoms in total. The number of benzene rings is 1. The molecule has 0 aromatic heterocycles. The molecule has 0 atom stereocenters. The average molecular weight is 330 g/mol. The molecule has 0 spiro atoms. The number of nitrogens with zero attached hydrogens (tertiary/aromatic N) is 1. The Morgan fingerprint density at radius 2 is 1.80 bits per heavy atom. The van der Waals surface area contributed by atoms with E-state index in [1.165, 1.54) is 6.07 Å². The molecule has 114 valence electrons. The van der Waals surface area contributed by atoms with E-state index in [0.29, 0.717) is 0 Å². The molecule has 0 unspecified atom stereocenters. The standard InChI is InChI=1S/C12H15ClF3NO2S/c1-9(2)17(8-7-13)20(18,19)11-6-4-3-5-10(11)12(14,15)16/h3-6,9H,7-8H2,1-2H3. The fourth-order valence-electron chi connectivity index (χ4n) is 1.79. The lowest BCUT2D eigenvalue weighted by atomic mass is 10.2. The Hall–Kier alpha value is -0.790. The Labute approximate surface area is 121 Å². The molecule has 0 fully saturated rings. The fraction of sp³-hybridized carbons (Fsp3) is 0.500. The monoisotopic (exact) mass is 329 g/mol. The normalized spacial score (nSPS) is 13.2. The molecule has 0 saturated heterocycles. The summed E-state index contributed by atoms with van der Waals surface area (Å²) in [6.07, 6.45) is -4.73. The average Bonchev–Trinajstić information content (AvgIpc) is 2.34. The molecule has 0 aliphatic heterocycles. The molecule has 0 bridgehead atoms. The third-order valence-electron chi connectivity index (χ3n) is 2.66. The predicted octanol–water partition coefficient (Wildman–Crippen LogP) is 3.34. The van der Waals surface area contributed by atoms with Gasteiger partial charge in [0.05, 0.1) is 10.5 Å². The van der Waals surface area contributed by atoms with E-state index >= 15 is 0 Å². The molecule has 0 aliphatic carbocycles. The summed E-state index contributed by atoms with van der Waals surface area (Å²) in [7, 11) is -4.25. The van der Waals surface area contributed by atoms with Crippen LogP contribution in [0.2, 0.25) is 0 Å². The maximum absolute atomic E-state index is 12.9. The quantitative estimate of drug-likeness (QED) is 0.777. The molecule has 1 aromatic carbocycles. The minimum Gasteiger partial charge on any atom is -0.207 e. The van der Waals surface area contributed by atoms with Gasteiger partial charge in [-0.25, -0.2) is 8.42 Å². The van der Waals surface area contributed by atoms with Crippen LogP contribution in [-0.4, -0.2) is 31.2 Å². The zero-order valence-corrected chi connectivity index (χ0v) is 12.6. The summed E-state index contributed by atoms with van der Waals surface area (Å²) in [5, 5.41) is 0. The number of hydrogen-bond acceptors (Lipinski definition) is 2. The molecule has 0 heterocycles. The topological polar surface area (TPSA) is 37.4 Å². The Kier molecular flexibility index (Phi) is 5.46. The highest BCUT2D eigenvalue weighted by Gasteiger charge is 2.39. The van der Waals surface area contributed by atoms with E-state index in [9.17, 15) is 21.6 Å². The first-order valence-corrected chi connectivity index (χ1v) is 7.84. The summed E-state index contributed by atoms with van der Waals surface area (Å²) in [5.74, 6) is 0.00555. The van der Waals surface area contributed by atoms with E-state index in [1.807, 2.05) is 0 Å². The lowest BCUT2D eigenvalue weighted by Crippen LogP contribution is -2.39. The molecule has 0 amide bonds. The lowest BCUT2D eigenvalue weighted by molar-refractivity contribution is -0.139. The van der Waals surface area contributed by atoms with Crippen molar-refractivity contribution in [3.63, 3.8) is 0 Å². The van der Waals surface area contributed by atoms with E-state index in [4.69, 9.17) is 11.6 Å². The molecule has 20 heavy (non-hydrogen) atoms. The van der Waals surface area contributed by atoms with E-state index in [1.54, 1.807) is 13.8 Å². The van der Waals surface area contributed by atoms with Gasteiger partial charge in [-0.05, 0) is 26.0 Å². The second-order valence-electron chi connectivity index (χ2n) is 4.39. The smallest absolute Gasteiger partial charge is 0.207 e. The SMILES string of the molecule is CC(C)N(CCCl)S(=O)(=O)c1ccccc1C(F)(F)F. The van der Waals surface area contributed by atoms with Gasteiger partial charge in [0.15, 0.2) is 0 Å². The summed E-state index contributed by atoms with van der Waals surface area (Å²) >= 11 is 5.54. The van der Waals surface area contributed by atoms with Crippen molar-refractivity contribution in [3.05, 3.63) is 29.8 Å². The summed E-state index contributed by atoms with van der Waals surface area (Å²) in [6.45, 7) is 3.12. The van der Waals surface area contributed by atoms with Gasteiger partial charge >= 0.3 is 6.18 Å². The molecule has 0 N–H and O–H groups in total. The van der Waals surface area contributed by atoms with Crippen molar-refractivity contribution >= 4 is 21.6 Å². The first kappa shape index (κ1) is 17.3. The number of sulfonamides is 1. The van der Waals surface area contributed by atoms with Crippen molar-refractivity contribution in [1.82, 2.24) is 4.31 Å². The molecule has 0 aliphatic rings. The number of rotatable bonds is 5. The molecule has 1 rings (SSSR count). The largest absolute Gasteiger partial charge is 0.417 e. The van der Waals surface area contributed by atoms with Crippen molar-refractivity contribution in [3.8, 4) is 0 Å². The first-order chi connectivity index (χ1) is 9.12. The Morgan fingerprint density at radius 3 is 2.25 bits per heavy atom. The van der Waals surface area contributed by atoms with Crippen molar-refractivity contribution in [2.24, 2.45) is 0 Å². The molecular formula is C12H15ClF3NO2S. The van der Waals surface area contributed by atoms with Crippen LogP contribution in [0.1, 0.15) is 19.4 Å². The third-order valence-corrected chi connectivity index (χ3v) is 4.96. The number of alkyl halides is 4. The fourth-order valence-corrected chi connectivity index (χ4v) is 3.93. The lowest BCUT2D eigenvalue weighted by Gasteiger charge is -2.26. The van der Waals surface area contributed by atoms with E-state index in [-0.39, 0.29) is 12.4 Å². The second-order valence-corrected chi connectivity index (χ2v) is 6.63. The third kappa shape index (κ3) is 3.65. The van der Waals surface area contributed by atoms with Crippen LogP contribution in [0.25, 0.3) is 0 Å². The van der Waals surface area contributed by atoms with E-state index < -0.39 is 32.7 Å². The molecule has 0 saturated carbocycles. The van der Waals surface area contributed by atoms with Gasteiger partial charge in [-0.1, -0.05) is 12.1 Å². The van der Waals surface area contributed by atoms with Gasteiger partial charge in [0.2, 0.25) is 10.0 Å². The zero-order valence-electron chi connectivity index (χ0n) is 11.0. The summed E-state index contributed by atoms with van der Waals surface area (Å²) in [5.41, 5.74) is -1.17. The Bertz CT molecular complexity index is 558. The van der Waals surface area contributed by atoms with Crippen LogP contribution in [0.3, 0.4) is 0 Å². The summed E-state index contributed by atoms with van der Waals surface area (Å²) in [6, 6.07) is 3.65. The predicted molar refractivity (Wildman–Crippen MR) is 71.2 cm³/mol. The highest BCUT2D eigenvalue weighted by Crippen LogP contribution is 2.35. The van der Waals surface area contributed by atoms with Crippen molar-refractivity contribution < 1.29 is 21.6 Å². The zero-order chi connectivity index (χ0) is 15.6. The van der Waals surface area contributed by atoms with Crippen molar-refractivity contribution in [1.29, 1.82) is 0 Å². The van der Waals surface area contributed by atoms with Gasteiger partial charge < -0.3 is 0 Å². The van der Waals surface area contributed by atoms with Crippen LogP contribution < -0.4 is 0 Å². The van der Waals surface area contributed by atoms with Gasteiger partial charge in [0, 0.05) is 18.5 Å². The van der Waals surface area contributed by atoms with Crippen LogP contribution in [0.4, 0.5) is 13.2 Å². The van der Waals surface area contributed by atoms with Gasteiger partial charge in [-0.15, -0.1) is 11.6 Å². The molecule has 1 aromatic rings. The highest BCUT2D eigenvalue weighted by molar-refractivity contribution is 7.89. The number of hydrogen-bond donors (Lipinski definition) is 0. The molecule has 0 radical (unpaired) electrons. The minimum absolute atomic E-state index is 0.00555. The van der Waals surface area contributed by atoms with E-state index in [0.717, 1.165) is 22.5 Å². The van der Waals surface area contributed by atoms with E-state index in [2.05, 4.69) is 0 Å². The van der Waals surface area contributed by atoms with Gasteiger partial charge in [-0.2, -0.15) is 17.5 Å². The molecule has 8 heteroatoms. The highest BCUT2D eigenvalue weighted by atomic mass is 35.5. The van der Waals surface area contributed by atoms with Gasteiger partial charge in [-0.3, -0.25) is 0 Å². The summed E-state index contributed by atoms with van der Waals surface area (Å²) in [4.78, 5) is -0.744. The van der Waals surface area contributed by atoms with Crippen LogP contribution in [0, 0.1) is 0 Å². The maximum atomic E-state index is 12.9. The first-order valence-electron chi connectivity index (χ1n) is 5.86. The molecular weight excluding hydrogens is 315 g/mol. The second kappa shape index (κ2) is 6.32. The number of halogens is 4. The summed E-state index contributed by atoms with van der Waals surface area (Å²) < 4.78 is 64.5. The van der Waals surface area contributed by atoms with Crippen molar-refractivity contribution in [2.75, 3.05) is 12.4 Å². The van der Waals surface area contributed by atoms with Crippen LogP contribution >= 0.6 is 11.6 Å².